The minimum atomic E-state index is 0.0995. The van der Waals surface area contributed by atoms with Crippen LogP contribution < -0.4 is 9.64 Å². The summed E-state index contributed by atoms with van der Waals surface area (Å²) in [6.07, 6.45) is 2.35. The summed E-state index contributed by atoms with van der Waals surface area (Å²) in [5.41, 5.74) is 4.79. The fourth-order valence-corrected chi connectivity index (χ4v) is 4.04. The molecule has 5 nitrogen and oxygen atoms in total. The maximum absolute atomic E-state index is 13.1. The smallest absolute Gasteiger partial charge is 0.167 e. The van der Waals surface area contributed by atoms with Gasteiger partial charge in [-0.05, 0) is 54.3 Å². The molecule has 1 fully saturated rings. The number of rotatable bonds is 6. The normalized spacial score (nSPS) is 16.2. The van der Waals surface area contributed by atoms with Gasteiger partial charge in [0, 0.05) is 31.3 Å². The number of nitrogens with zero attached hydrogens (tertiary/aromatic N) is 2. The lowest BCUT2D eigenvalue weighted by molar-refractivity contribution is 0.0529. The van der Waals surface area contributed by atoms with Gasteiger partial charge >= 0.3 is 0 Å². The van der Waals surface area contributed by atoms with Crippen molar-refractivity contribution in [2.75, 3.05) is 31.7 Å². The average Bonchev–Trinajstić information content (AvgIpc) is 2.80. The second-order valence-electron chi connectivity index (χ2n) is 7.96. The molecule has 31 heavy (non-hydrogen) atoms. The van der Waals surface area contributed by atoms with Crippen LogP contribution in [-0.4, -0.2) is 43.7 Å². The second kappa shape index (κ2) is 9.31. The van der Waals surface area contributed by atoms with E-state index >= 15 is 0 Å². The number of hydrogen-bond acceptors (Lipinski definition) is 5. The lowest BCUT2D eigenvalue weighted by Gasteiger charge is -2.32. The summed E-state index contributed by atoms with van der Waals surface area (Å²) in [4.78, 5) is 19.9. The van der Waals surface area contributed by atoms with Crippen molar-refractivity contribution in [1.29, 1.82) is 0 Å². The van der Waals surface area contributed by atoms with Crippen LogP contribution in [0.15, 0.2) is 60.8 Å². The van der Waals surface area contributed by atoms with Crippen LogP contribution in [0.4, 0.5) is 5.82 Å². The van der Waals surface area contributed by atoms with E-state index < -0.39 is 0 Å². The highest BCUT2D eigenvalue weighted by Gasteiger charge is 2.18. The monoisotopic (exact) mass is 416 g/mol. The zero-order valence-electron chi connectivity index (χ0n) is 18.3. The van der Waals surface area contributed by atoms with Crippen LogP contribution in [0.25, 0.3) is 11.1 Å². The SMILES string of the molecule is COc1ccc(-c2cccc(C(=O)Cc3ccc(N4CCO[C@H](C)C4)nc3)c2C)cc1. The van der Waals surface area contributed by atoms with Crippen LogP contribution in [0, 0.1) is 6.92 Å². The maximum atomic E-state index is 13.1. The first-order chi connectivity index (χ1) is 15.0. The van der Waals surface area contributed by atoms with Crippen LogP contribution in [-0.2, 0) is 11.2 Å². The highest BCUT2D eigenvalue weighted by atomic mass is 16.5. The number of pyridine rings is 1. The molecule has 160 valence electrons. The van der Waals surface area contributed by atoms with Crippen LogP contribution >= 0.6 is 0 Å². The van der Waals surface area contributed by atoms with Crippen molar-refractivity contribution in [3.8, 4) is 16.9 Å². The number of carbonyl (C=O) groups excluding carboxylic acids is 1. The molecule has 1 aliphatic rings. The van der Waals surface area contributed by atoms with E-state index in [0.29, 0.717) is 13.0 Å². The minimum absolute atomic E-state index is 0.0995. The van der Waals surface area contributed by atoms with Crippen molar-refractivity contribution in [1.82, 2.24) is 4.98 Å². The number of aromatic nitrogens is 1. The molecule has 3 aromatic rings. The number of ketones is 1. The van der Waals surface area contributed by atoms with Gasteiger partial charge in [0.2, 0.25) is 0 Å². The zero-order chi connectivity index (χ0) is 21.8. The number of benzene rings is 2. The lowest BCUT2D eigenvalue weighted by Crippen LogP contribution is -2.41. The Morgan fingerprint density at radius 2 is 1.97 bits per heavy atom. The van der Waals surface area contributed by atoms with Crippen LogP contribution in [0.5, 0.6) is 5.75 Å². The molecule has 1 aliphatic heterocycles. The number of carbonyl (C=O) groups is 1. The predicted octanol–water partition coefficient (Wildman–Crippen LogP) is 4.72. The van der Waals surface area contributed by atoms with E-state index in [4.69, 9.17) is 9.47 Å². The standard InChI is InChI=1S/C26H28N2O3/c1-18-17-28(13-14-31-18)26-12-7-20(16-27-26)15-25(29)24-6-4-5-23(19(24)2)21-8-10-22(30-3)11-9-21/h4-12,16,18H,13-15,17H2,1-3H3/t18-/m1/s1. The fraction of sp³-hybridized carbons (Fsp3) is 0.308. The molecule has 1 atom stereocenters. The quantitative estimate of drug-likeness (QED) is 0.545. The van der Waals surface area contributed by atoms with Gasteiger partial charge < -0.3 is 14.4 Å². The molecule has 0 N–H and O–H groups in total. The molecule has 2 aromatic carbocycles. The number of hydrogen-bond donors (Lipinski definition) is 0. The lowest BCUT2D eigenvalue weighted by atomic mass is 9.93. The molecular weight excluding hydrogens is 388 g/mol. The predicted molar refractivity (Wildman–Crippen MR) is 123 cm³/mol. The summed E-state index contributed by atoms with van der Waals surface area (Å²) in [5.74, 6) is 1.85. The summed E-state index contributed by atoms with van der Waals surface area (Å²) < 4.78 is 10.8. The fourth-order valence-electron chi connectivity index (χ4n) is 4.04. The van der Waals surface area contributed by atoms with E-state index in [1.807, 2.05) is 67.7 Å². The van der Waals surface area contributed by atoms with E-state index in [-0.39, 0.29) is 11.9 Å². The summed E-state index contributed by atoms with van der Waals surface area (Å²) in [7, 11) is 1.66. The first-order valence-electron chi connectivity index (χ1n) is 10.6. The number of Topliss-reactive ketones (excluding diaryl/α,β-unsaturated/α-hetero) is 1. The molecule has 0 radical (unpaired) electrons. The highest BCUT2D eigenvalue weighted by Crippen LogP contribution is 2.28. The van der Waals surface area contributed by atoms with E-state index in [2.05, 4.69) is 16.8 Å². The minimum Gasteiger partial charge on any atom is -0.497 e. The van der Waals surface area contributed by atoms with Crippen LogP contribution in [0.3, 0.4) is 0 Å². The molecule has 1 aromatic heterocycles. The molecule has 4 rings (SSSR count). The molecule has 0 spiro atoms. The third-order valence-corrected chi connectivity index (χ3v) is 5.77. The van der Waals surface area contributed by atoms with Crippen molar-refractivity contribution >= 4 is 11.6 Å². The Bertz CT molecular complexity index is 1050. The Hall–Kier alpha value is -3.18. The zero-order valence-corrected chi connectivity index (χ0v) is 18.3. The van der Waals surface area contributed by atoms with E-state index in [9.17, 15) is 4.79 Å². The van der Waals surface area contributed by atoms with Crippen LogP contribution in [0.1, 0.15) is 28.4 Å². The van der Waals surface area contributed by atoms with Gasteiger partial charge in [0.25, 0.3) is 0 Å². The van der Waals surface area contributed by atoms with Crippen molar-refractivity contribution in [3.05, 3.63) is 77.5 Å². The van der Waals surface area contributed by atoms with Crippen molar-refractivity contribution in [3.63, 3.8) is 0 Å². The Morgan fingerprint density at radius 1 is 1.16 bits per heavy atom. The molecule has 5 heteroatoms. The van der Waals surface area contributed by atoms with Gasteiger partial charge in [-0.1, -0.05) is 36.4 Å². The molecule has 1 saturated heterocycles. The van der Waals surface area contributed by atoms with E-state index in [1.54, 1.807) is 7.11 Å². The van der Waals surface area contributed by atoms with Crippen molar-refractivity contribution in [2.45, 2.75) is 26.4 Å². The number of anilines is 1. The number of ether oxygens (including phenoxy) is 2. The maximum Gasteiger partial charge on any atom is 0.167 e. The van der Waals surface area contributed by atoms with Gasteiger partial charge in [0.05, 0.1) is 19.8 Å². The molecule has 0 amide bonds. The van der Waals surface area contributed by atoms with Gasteiger partial charge in [-0.25, -0.2) is 4.98 Å². The number of morpholine rings is 1. The first kappa shape index (κ1) is 21.1. The van der Waals surface area contributed by atoms with E-state index in [1.165, 1.54) is 0 Å². The summed E-state index contributed by atoms with van der Waals surface area (Å²) in [6, 6.07) is 17.8. The molecule has 2 heterocycles. The summed E-state index contributed by atoms with van der Waals surface area (Å²) >= 11 is 0. The van der Waals surface area contributed by atoms with Crippen LogP contribution in [0.2, 0.25) is 0 Å². The van der Waals surface area contributed by atoms with Gasteiger partial charge in [0.15, 0.2) is 5.78 Å². The van der Waals surface area contributed by atoms with Gasteiger partial charge in [0.1, 0.15) is 11.6 Å². The Labute approximate surface area is 183 Å². The molecular formula is C26H28N2O3. The Morgan fingerprint density at radius 3 is 2.65 bits per heavy atom. The molecule has 0 bridgehead atoms. The van der Waals surface area contributed by atoms with Crippen molar-refractivity contribution < 1.29 is 14.3 Å². The topological polar surface area (TPSA) is 51.7 Å². The van der Waals surface area contributed by atoms with Gasteiger partial charge in [-0.2, -0.15) is 0 Å². The Kier molecular flexibility index (Phi) is 6.33. The second-order valence-corrected chi connectivity index (χ2v) is 7.96. The first-order valence-corrected chi connectivity index (χ1v) is 10.6. The largest absolute Gasteiger partial charge is 0.497 e. The summed E-state index contributed by atoms with van der Waals surface area (Å²) in [6.45, 7) is 6.47. The third-order valence-electron chi connectivity index (χ3n) is 5.77. The molecule has 0 saturated carbocycles. The summed E-state index contributed by atoms with van der Waals surface area (Å²) in [5, 5.41) is 0. The Balaban J connectivity index is 1.49. The average molecular weight is 417 g/mol. The number of methoxy groups -OCH3 is 1. The highest BCUT2D eigenvalue weighted by molar-refractivity contribution is 6.00. The van der Waals surface area contributed by atoms with Crippen molar-refractivity contribution in [2.24, 2.45) is 0 Å². The van der Waals surface area contributed by atoms with E-state index in [0.717, 1.165) is 52.5 Å². The third kappa shape index (κ3) is 4.78. The molecule has 0 aliphatic carbocycles. The molecule has 0 unspecified atom stereocenters. The van der Waals surface area contributed by atoms with Gasteiger partial charge in [-0.3, -0.25) is 4.79 Å². The van der Waals surface area contributed by atoms with Gasteiger partial charge in [-0.15, -0.1) is 0 Å².